The minimum atomic E-state index is -1.78. The van der Waals surface area contributed by atoms with E-state index in [2.05, 4.69) is 20.8 Å². The van der Waals surface area contributed by atoms with E-state index in [0.29, 0.717) is 24.2 Å². The molecule has 10 heteroatoms. The Labute approximate surface area is 241 Å². The van der Waals surface area contributed by atoms with Gasteiger partial charge in [0.05, 0.1) is 16.9 Å². The van der Waals surface area contributed by atoms with Gasteiger partial charge >= 0.3 is 5.97 Å². The van der Waals surface area contributed by atoms with Crippen molar-refractivity contribution >= 4 is 37.2 Å². The van der Waals surface area contributed by atoms with E-state index in [1.165, 1.54) is 19.1 Å². The van der Waals surface area contributed by atoms with Crippen LogP contribution in [-0.2, 0) is 25.4 Å². The molecule has 4 rings (SSSR count). The predicted molar refractivity (Wildman–Crippen MR) is 157 cm³/mol. The maximum Gasteiger partial charge on any atom is 0.355 e. The summed E-state index contributed by atoms with van der Waals surface area (Å²) in [4.78, 5) is 50.9. The highest BCUT2D eigenvalue weighted by Crippen LogP contribution is 2.50. The molecule has 2 aliphatic heterocycles. The molecule has 41 heavy (non-hydrogen) atoms. The van der Waals surface area contributed by atoms with E-state index >= 15 is 0 Å². The van der Waals surface area contributed by atoms with Gasteiger partial charge in [-0.3, -0.25) is 19.7 Å². The third-order valence-electron chi connectivity index (χ3n) is 8.81. The van der Waals surface area contributed by atoms with Crippen molar-refractivity contribution in [2.75, 3.05) is 6.61 Å². The molecule has 218 valence electrons. The summed E-state index contributed by atoms with van der Waals surface area (Å²) in [7, 11) is -1.78. The van der Waals surface area contributed by atoms with Crippen LogP contribution < -0.4 is 0 Å². The summed E-state index contributed by atoms with van der Waals surface area (Å²) in [6, 6.07) is 15.8. The van der Waals surface area contributed by atoms with Crippen molar-refractivity contribution < 1.29 is 28.5 Å². The molecule has 0 N–H and O–H groups in total. The Kier molecular flexibility index (Phi) is 9.23. The van der Waals surface area contributed by atoms with Crippen LogP contribution in [0.4, 0.5) is 5.69 Å². The Bertz CT molecular complexity index is 1340. The van der Waals surface area contributed by atoms with Crippen LogP contribution >= 0.6 is 0 Å². The molecular weight excluding hydrogens is 540 g/mol. The molecule has 1 amide bonds. The van der Waals surface area contributed by atoms with Gasteiger partial charge in [-0.05, 0) is 60.3 Å². The molecule has 0 bridgehead atoms. The number of nitrogens with zero attached hydrogens (tertiary/aromatic N) is 2. The summed E-state index contributed by atoms with van der Waals surface area (Å²) in [6.07, 6.45) is 0.598. The maximum absolute atomic E-state index is 13.5. The zero-order valence-corrected chi connectivity index (χ0v) is 25.3. The summed E-state index contributed by atoms with van der Waals surface area (Å²) >= 11 is 0. The number of esters is 1. The maximum atomic E-state index is 13.5. The van der Waals surface area contributed by atoms with Crippen LogP contribution in [0.3, 0.4) is 0 Å². The molecule has 3 atom stereocenters. The third-order valence-corrected chi connectivity index (χ3v) is 13.5. The van der Waals surface area contributed by atoms with Gasteiger partial charge in [-0.25, -0.2) is 4.79 Å². The van der Waals surface area contributed by atoms with Crippen molar-refractivity contribution in [2.24, 2.45) is 11.8 Å². The molecule has 1 fully saturated rings. The average molecular weight is 579 g/mol. The zero-order valence-electron chi connectivity index (χ0n) is 24.3. The third kappa shape index (κ3) is 5.89. The number of nitro groups is 1. The Morgan fingerprint density at radius 3 is 2.15 bits per heavy atom. The fourth-order valence-corrected chi connectivity index (χ4v) is 8.76. The smallest absolute Gasteiger partial charge is 0.355 e. The number of Topliss-reactive ketones (excluding diaryl/α,β-unsaturated/α-hetero) is 1. The van der Waals surface area contributed by atoms with E-state index in [1.54, 1.807) is 29.2 Å². The van der Waals surface area contributed by atoms with Crippen LogP contribution in [0.2, 0.25) is 18.1 Å². The van der Waals surface area contributed by atoms with Gasteiger partial charge in [0.1, 0.15) is 12.3 Å². The number of rotatable bonds is 13. The van der Waals surface area contributed by atoms with Gasteiger partial charge in [-0.2, -0.15) is 0 Å². The summed E-state index contributed by atoms with van der Waals surface area (Å²) in [5.74, 6) is -1.18. The van der Waals surface area contributed by atoms with Crippen molar-refractivity contribution in [1.29, 1.82) is 0 Å². The van der Waals surface area contributed by atoms with Crippen LogP contribution in [0.5, 0.6) is 0 Å². The number of non-ortho nitro benzene ring substituents is 1. The van der Waals surface area contributed by atoms with E-state index in [1.807, 2.05) is 19.1 Å². The molecule has 0 unspecified atom stereocenters. The van der Waals surface area contributed by atoms with Gasteiger partial charge < -0.3 is 14.1 Å². The Morgan fingerprint density at radius 1 is 1.00 bits per heavy atom. The first-order valence-electron chi connectivity index (χ1n) is 14.3. The zero-order chi connectivity index (χ0) is 29.9. The Balaban J connectivity index is 1.58. The molecule has 0 aliphatic carbocycles. The molecule has 0 aromatic heterocycles. The molecule has 9 nitrogen and oxygen atoms in total. The van der Waals surface area contributed by atoms with Gasteiger partial charge in [-0.15, -0.1) is 0 Å². The average Bonchev–Trinajstić information content (AvgIpc) is 3.25. The number of β-lactam (4-membered cyclic amide) rings is 1. The van der Waals surface area contributed by atoms with Gasteiger partial charge in [0.15, 0.2) is 14.1 Å². The first-order chi connectivity index (χ1) is 19.6. The number of hydrogen-bond acceptors (Lipinski definition) is 7. The van der Waals surface area contributed by atoms with Crippen molar-refractivity contribution in [3.05, 3.63) is 81.0 Å². The standard InChI is InChI=1S/C31H38N2O7Si/c1-6-41(7-2,8-3)40-18-17-26-28-20(4)27(24-13-11-23(12-14-24)21(5)34)29(32(28)30(26)35)31(36)39-19-22-9-15-25(16-10-22)33(37)38/h9-16,20,26,28H,6-8,17-19H2,1-5H3/t20-,26-,28+/m0/s1. The quantitative estimate of drug-likeness (QED) is 0.0700. The van der Waals surface area contributed by atoms with Gasteiger partial charge in [0.25, 0.3) is 5.69 Å². The van der Waals surface area contributed by atoms with E-state index in [-0.39, 0.29) is 47.6 Å². The molecule has 2 heterocycles. The fourth-order valence-electron chi connectivity index (χ4n) is 6.09. The Morgan fingerprint density at radius 2 is 1.61 bits per heavy atom. The first kappa shape index (κ1) is 30.3. The molecule has 2 aromatic carbocycles. The number of fused-ring (bicyclic) bond motifs is 1. The minimum Gasteiger partial charge on any atom is -0.456 e. The van der Waals surface area contributed by atoms with Crippen molar-refractivity contribution in [2.45, 2.75) is 71.8 Å². The van der Waals surface area contributed by atoms with Crippen LogP contribution in [0.25, 0.3) is 5.57 Å². The summed E-state index contributed by atoms with van der Waals surface area (Å²) in [5.41, 5.74) is 2.81. The lowest BCUT2D eigenvalue weighted by Crippen LogP contribution is -2.60. The molecular formula is C31H38N2O7Si. The second-order valence-corrected chi connectivity index (χ2v) is 15.6. The topological polar surface area (TPSA) is 116 Å². The van der Waals surface area contributed by atoms with Crippen molar-refractivity contribution in [3.8, 4) is 0 Å². The van der Waals surface area contributed by atoms with Crippen LogP contribution in [0, 0.1) is 22.0 Å². The molecule has 0 saturated carbocycles. The van der Waals surface area contributed by atoms with Gasteiger partial charge in [-0.1, -0.05) is 52.0 Å². The largest absolute Gasteiger partial charge is 0.456 e. The van der Waals surface area contributed by atoms with Crippen molar-refractivity contribution in [1.82, 2.24) is 4.90 Å². The molecule has 2 aliphatic rings. The molecule has 0 radical (unpaired) electrons. The predicted octanol–water partition coefficient (Wildman–Crippen LogP) is 6.14. The van der Waals surface area contributed by atoms with Gasteiger partial charge in [0.2, 0.25) is 5.91 Å². The second-order valence-electron chi connectivity index (χ2n) is 10.9. The lowest BCUT2D eigenvalue weighted by molar-refractivity contribution is -0.384. The second kappa shape index (κ2) is 12.5. The van der Waals surface area contributed by atoms with E-state index < -0.39 is 19.2 Å². The number of benzene rings is 2. The molecule has 1 saturated heterocycles. The normalized spacial score (nSPS) is 20.1. The first-order valence-corrected chi connectivity index (χ1v) is 16.8. The van der Waals surface area contributed by atoms with E-state index in [4.69, 9.17) is 9.16 Å². The molecule has 2 aromatic rings. The Hall–Kier alpha value is -3.63. The van der Waals surface area contributed by atoms with Gasteiger partial charge in [0, 0.05) is 30.2 Å². The number of carbonyl (C=O) groups is 3. The number of nitro benzene ring substituents is 1. The van der Waals surface area contributed by atoms with E-state index in [0.717, 1.165) is 29.3 Å². The summed E-state index contributed by atoms with van der Waals surface area (Å²) < 4.78 is 12.1. The fraction of sp³-hybridized carbons (Fsp3) is 0.452. The van der Waals surface area contributed by atoms with Crippen molar-refractivity contribution in [3.63, 3.8) is 0 Å². The van der Waals surface area contributed by atoms with Crippen LogP contribution in [0.1, 0.15) is 62.5 Å². The number of amides is 1. The number of ether oxygens (including phenoxy) is 1. The number of hydrogen-bond donors (Lipinski definition) is 0. The summed E-state index contributed by atoms with van der Waals surface area (Å²) in [5, 5.41) is 11.0. The molecule has 0 spiro atoms. The highest BCUT2D eigenvalue weighted by Gasteiger charge is 2.58. The summed E-state index contributed by atoms with van der Waals surface area (Å²) in [6.45, 7) is 10.5. The lowest BCUT2D eigenvalue weighted by Gasteiger charge is -2.45. The number of ketones is 1. The minimum absolute atomic E-state index is 0.0514. The number of carbonyl (C=O) groups excluding carboxylic acids is 3. The van der Waals surface area contributed by atoms with Crippen LogP contribution in [-0.4, -0.2) is 48.4 Å². The highest BCUT2D eigenvalue weighted by atomic mass is 28.4. The highest BCUT2D eigenvalue weighted by molar-refractivity contribution is 6.73. The monoisotopic (exact) mass is 578 g/mol. The SMILES string of the molecule is CC[Si](CC)(CC)OCC[C@@H]1C(=O)N2C(C(=O)OCc3ccc([N+](=O)[O-])cc3)=C(c3ccc(C(C)=O)cc3)[C@H](C)[C@H]12. The van der Waals surface area contributed by atoms with E-state index in [9.17, 15) is 24.5 Å². The lowest BCUT2D eigenvalue weighted by atomic mass is 9.78. The van der Waals surface area contributed by atoms with Crippen LogP contribution in [0.15, 0.2) is 54.2 Å².